The number of carbonyl (C=O) groups is 2. The lowest BCUT2D eigenvalue weighted by molar-refractivity contribution is -0.131. The van der Waals surface area contributed by atoms with Crippen LogP contribution in [0.25, 0.3) is 6.08 Å². The van der Waals surface area contributed by atoms with Gasteiger partial charge in [-0.1, -0.05) is 23.9 Å². The lowest BCUT2D eigenvalue weighted by Gasteiger charge is -2.13. The molecule has 1 aliphatic heterocycles. The molecule has 0 spiro atoms. The Morgan fingerprint density at radius 2 is 2.10 bits per heavy atom. The molecule has 1 heterocycles. The Hall–Kier alpha value is -2.17. The van der Waals surface area contributed by atoms with E-state index in [1.807, 2.05) is 6.07 Å². The van der Waals surface area contributed by atoms with E-state index >= 15 is 0 Å². The van der Waals surface area contributed by atoms with Gasteiger partial charge in [0.1, 0.15) is 0 Å². The van der Waals surface area contributed by atoms with Crippen LogP contribution >= 0.6 is 24.0 Å². The molecule has 0 atom stereocenters. The van der Waals surface area contributed by atoms with Crippen LogP contribution in [-0.4, -0.2) is 21.1 Å². The van der Waals surface area contributed by atoms with Crippen LogP contribution in [0, 0.1) is 11.3 Å². The summed E-state index contributed by atoms with van der Waals surface area (Å²) in [6.45, 7) is 1.31. The van der Waals surface area contributed by atoms with Crippen molar-refractivity contribution in [1.82, 2.24) is 10.4 Å². The fourth-order valence-electron chi connectivity index (χ4n) is 1.53. The van der Waals surface area contributed by atoms with Crippen molar-refractivity contribution in [1.29, 1.82) is 5.26 Å². The maximum atomic E-state index is 12.1. The van der Waals surface area contributed by atoms with Gasteiger partial charge in [-0.25, -0.2) is 0 Å². The third-order valence-corrected chi connectivity index (χ3v) is 3.70. The highest BCUT2D eigenvalue weighted by molar-refractivity contribution is 8.26. The van der Waals surface area contributed by atoms with Crippen LogP contribution in [0.5, 0.6) is 0 Å². The van der Waals surface area contributed by atoms with Crippen LogP contribution in [0.15, 0.2) is 29.2 Å². The highest BCUT2D eigenvalue weighted by atomic mass is 32.2. The van der Waals surface area contributed by atoms with Crippen molar-refractivity contribution in [2.24, 2.45) is 0 Å². The molecule has 0 unspecified atom stereocenters. The summed E-state index contributed by atoms with van der Waals surface area (Å²) in [7, 11) is 0. The van der Waals surface area contributed by atoms with Crippen LogP contribution < -0.4 is 5.43 Å². The van der Waals surface area contributed by atoms with Crippen LogP contribution in [0.2, 0.25) is 0 Å². The van der Waals surface area contributed by atoms with Crippen molar-refractivity contribution in [2.75, 3.05) is 0 Å². The van der Waals surface area contributed by atoms with E-state index in [0.29, 0.717) is 10.5 Å². The van der Waals surface area contributed by atoms with Gasteiger partial charge in [0, 0.05) is 6.92 Å². The number of carbonyl (C=O) groups excluding carboxylic acids is 2. The summed E-state index contributed by atoms with van der Waals surface area (Å²) in [5, 5.41) is 9.77. The number of hydrogen-bond donors (Lipinski definition) is 1. The van der Waals surface area contributed by atoms with Gasteiger partial charge in [-0.05, 0) is 36.0 Å². The Morgan fingerprint density at radius 3 is 2.65 bits per heavy atom. The van der Waals surface area contributed by atoms with Crippen LogP contribution in [0.4, 0.5) is 0 Å². The van der Waals surface area contributed by atoms with Gasteiger partial charge in [0.15, 0.2) is 4.32 Å². The average Bonchev–Trinajstić information content (AvgIpc) is 2.67. The Balaban J connectivity index is 2.23. The molecule has 1 saturated heterocycles. The number of hydrogen-bond acceptors (Lipinski definition) is 5. The van der Waals surface area contributed by atoms with Gasteiger partial charge in [-0.15, -0.1) is 0 Å². The molecular formula is C13H9N3O2S2. The Morgan fingerprint density at radius 1 is 1.45 bits per heavy atom. The average molecular weight is 303 g/mol. The monoisotopic (exact) mass is 303 g/mol. The lowest BCUT2D eigenvalue weighted by atomic mass is 10.1. The van der Waals surface area contributed by atoms with Crippen molar-refractivity contribution in [2.45, 2.75) is 6.92 Å². The van der Waals surface area contributed by atoms with Crippen molar-refractivity contribution in [3.63, 3.8) is 0 Å². The van der Waals surface area contributed by atoms with Crippen LogP contribution in [0.1, 0.15) is 18.1 Å². The highest BCUT2D eigenvalue weighted by Crippen LogP contribution is 2.31. The maximum Gasteiger partial charge on any atom is 0.285 e. The SMILES string of the molecule is CC(=O)NN1C(=O)/C(=C/c2ccc(C#N)cc2)SC1=S. The summed E-state index contributed by atoms with van der Waals surface area (Å²) in [6, 6.07) is 8.84. The van der Waals surface area contributed by atoms with Gasteiger partial charge < -0.3 is 0 Å². The number of hydrazine groups is 1. The minimum atomic E-state index is -0.362. The molecule has 2 rings (SSSR count). The smallest absolute Gasteiger partial charge is 0.274 e. The Kier molecular flexibility index (Phi) is 4.17. The quantitative estimate of drug-likeness (QED) is 0.666. The van der Waals surface area contributed by atoms with E-state index in [0.717, 1.165) is 22.3 Å². The largest absolute Gasteiger partial charge is 0.285 e. The second-order valence-corrected chi connectivity index (χ2v) is 5.59. The first-order chi connectivity index (χ1) is 9.51. The highest BCUT2D eigenvalue weighted by Gasteiger charge is 2.32. The number of thioether (sulfide) groups is 1. The number of amides is 2. The molecule has 0 aliphatic carbocycles. The van der Waals surface area contributed by atoms with Crippen molar-refractivity contribution >= 4 is 46.2 Å². The van der Waals surface area contributed by atoms with E-state index in [9.17, 15) is 9.59 Å². The van der Waals surface area contributed by atoms with Crippen LogP contribution in [-0.2, 0) is 9.59 Å². The summed E-state index contributed by atoms with van der Waals surface area (Å²) in [5.41, 5.74) is 3.71. The van der Waals surface area contributed by atoms with Crippen LogP contribution in [0.3, 0.4) is 0 Å². The standard InChI is InChI=1S/C13H9N3O2S2/c1-8(17)15-16-12(18)11(20-13(16)19)6-9-2-4-10(7-14)5-3-9/h2-6H,1H3,(H,15,17)/b11-6-. The number of nitrogens with zero attached hydrogens (tertiary/aromatic N) is 2. The fourth-order valence-corrected chi connectivity index (χ4v) is 2.71. The molecule has 20 heavy (non-hydrogen) atoms. The molecule has 1 aliphatic rings. The lowest BCUT2D eigenvalue weighted by Crippen LogP contribution is -2.43. The molecule has 0 bridgehead atoms. The zero-order valence-corrected chi connectivity index (χ0v) is 12.0. The number of nitrogens with one attached hydrogen (secondary N) is 1. The number of benzene rings is 1. The first-order valence-electron chi connectivity index (χ1n) is 5.56. The molecule has 1 aromatic rings. The zero-order chi connectivity index (χ0) is 14.7. The van der Waals surface area contributed by atoms with Crippen molar-refractivity contribution < 1.29 is 9.59 Å². The third kappa shape index (κ3) is 3.04. The molecule has 0 saturated carbocycles. The molecule has 2 amide bonds. The first-order valence-corrected chi connectivity index (χ1v) is 6.79. The zero-order valence-electron chi connectivity index (χ0n) is 10.4. The maximum absolute atomic E-state index is 12.1. The fraction of sp³-hybridized carbons (Fsp3) is 0.0769. The van der Waals surface area contributed by atoms with Gasteiger partial charge >= 0.3 is 0 Å². The molecule has 0 radical (unpaired) electrons. The van der Waals surface area contributed by atoms with E-state index < -0.39 is 0 Å². The molecule has 100 valence electrons. The van der Waals surface area contributed by atoms with Gasteiger partial charge in [-0.2, -0.15) is 10.3 Å². The van der Waals surface area contributed by atoms with Gasteiger partial charge in [0.2, 0.25) is 5.91 Å². The van der Waals surface area contributed by atoms with E-state index in [1.165, 1.54) is 6.92 Å². The normalized spacial score (nSPS) is 16.4. The molecule has 0 aromatic heterocycles. The van der Waals surface area contributed by atoms with E-state index in [-0.39, 0.29) is 16.1 Å². The molecule has 7 heteroatoms. The molecule has 1 fully saturated rings. The Bertz CT molecular complexity index is 659. The first kappa shape index (κ1) is 14.2. The third-order valence-electron chi connectivity index (χ3n) is 2.40. The predicted molar refractivity (Wildman–Crippen MR) is 80.0 cm³/mol. The summed E-state index contributed by atoms with van der Waals surface area (Å²) in [4.78, 5) is 23.5. The van der Waals surface area contributed by atoms with E-state index in [4.69, 9.17) is 17.5 Å². The van der Waals surface area contributed by atoms with E-state index in [1.54, 1.807) is 30.3 Å². The molecule has 5 nitrogen and oxygen atoms in total. The summed E-state index contributed by atoms with van der Waals surface area (Å²) < 4.78 is 0.282. The van der Waals surface area contributed by atoms with Gasteiger partial charge in [0.25, 0.3) is 5.91 Å². The van der Waals surface area contributed by atoms with Crippen molar-refractivity contribution in [3.8, 4) is 6.07 Å². The second-order valence-electron chi connectivity index (χ2n) is 3.92. The predicted octanol–water partition coefficient (Wildman–Crippen LogP) is 1.81. The van der Waals surface area contributed by atoms with E-state index in [2.05, 4.69) is 5.43 Å². The Labute approximate surface area is 125 Å². The molecule has 1 aromatic carbocycles. The number of nitriles is 1. The minimum absolute atomic E-state index is 0.282. The molecule has 1 N–H and O–H groups in total. The van der Waals surface area contributed by atoms with Gasteiger partial charge in [-0.3, -0.25) is 15.0 Å². The summed E-state index contributed by atoms with van der Waals surface area (Å²) in [5.74, 6) is -0.722. The topological polar surface area (TPSA) is 73.2 Å². The molecular weight excluding hydrogens is 294 g/mol. The second kappa shape index (κ2) is 5.86. The summed E-state index contributed by atoms with van der Waals surface area (Å²) in [6.07, 6.45) is 1.67. The number of rotatable bonds is 2. The van der Waals surface area contributed by atoms with Crippen molar-refractivity contribution in [3.05, 3.63) is 40.3 Å². The number of thiocarbonyl (C=S) groups is 1. The summed E-state index contributed by atoms with van der Waals surface area (Å²) >= 11 is 6.16. The minimum Gasteiger partial charge on any atom is -0.274 e. The van der Waals surface area contributed by atoms with Gasteiger partial charge in [0.05, 0.1) is 16.5 Å².